The van der Waals surface area contributed by atoms with Crippen molar-refractivity contribution < 1.29 is 9.53 Å². The van der Waals surface area contributed by atoms with Gasteiger partial charge in [-0.15, -0.1) is 0 Å². The van der Waals surface area contributed by atoms with Crippen molar-refractivity contribution in [3.8, 4) is 0 Å². The summed E-state index contributed by atoms with van der Waals surface area (Å²) >= 11 is 0. The molecule has 0 fully saturated rings. The van der Waals surface area contributed by atoms with Gasteiger partial charge >= 0.3 is 5.97 Å². The summed E-state index contributed by atoms with van der Waals surface area (Å²) < 4.78 is 5.17. The number of rotatable bonds is 9. The number of carbonyl (C=O) groups is 1. The second kappa shape index (κ2) is 9.97. The van der Waals surface area contributed by atoms with Crippen LogP contribution in [-0.2, 0) is 9.53 Å². The second-order valence-corrected chi connectivity index (χ2v) is 3.94. The summed E-state index contributed by atoms with van der Waals surface area (Å²) in [7, 11) is 0. The Morgan fingerprint density at radius 2 is 2.00 bits per heavy atom. The normalized spacial score (nSPS) is 12.5. The molecule has 0 radical (unpaired) electrons. The van der Waals surface area contributed by atoms with Gasteiger partial charge in [0.05, 0.1) is 12.5 Å². The van der Waals surface area contributed by atoms with E-state index in [2.05, 4.69) is 12.2 Å². The number of hydrogen-bond donors (Lipinski definition) is 1. The van der Waals surface area contributed by atoms with Crippen molar-refractivity contribution in [2.24, 2.45) is 5.92 Å². The zero-order valence-corrected chi connectivity index (χ0v) is 10.3. The lowest BCUT2D eigenvalue weighted by atomic mass is 10.2. The molecule has 0 spiro atoms. The Morgan fingerprint density at radius 3 is 2.60 bits per heavy atom. The van der Waals surface area contributed by atoms with E-state index in [9.17, 15) is 4.79 Å². The molecule has 3 heteroatoms. The Bertz CT molecular complexity index is 160. The Kier molecular flexibility index (Phi) is 9.59. The lowest BCUT2D eigenvalue weighted by molar-refractivity contribution is -0.147. The number of esters is 1. The van der Waals surface area contributed by atoms with Crippen molar-refractivity contribution in [1.29, 1.82) is 0 Å². The third-order valence-corrected chi connectivity index (χ3v) is 2.35. The first-order valence-corrected chi connectivity index (χ1v) is 6.09. The average Bonchev–Trinajstić information content (AvgIpc) is 2.25. The molecular formula is C12H25NO2. The van der Waals surface area contributed by atoms with Crippen LogP contribution in [0.3, 0.4) is 0 Å². The first-order valence-electron chi connectivity index (χ1n) is 6.09. The highest BCUT2D eigenvalue weighted by atomic mass is 16.5. The molecule has 3 nitrogen and oxygen atoms in total. The molecule has 0 aromatic rings. The smallest absolute Gasteiger partial charge is 0.309 e. The van der Waals surface area contributed by atoms with Crippen molar-refractivity contribution in [3.63, 3.8) is 0 Å². The minimum absolute atomic E-state index is 0.0314. The lowest BCUT2D eigenvalue weighted by Gasteiger charge is -2.11. The van der Waals surface area contributed by atoms with E-state index < -0.39 is 0 Å². The molecule has 0 aliphatic carbocycles. The Hall–Kier alpha value is -0.570. The zero-order chi connectivity index (χ0) is 11.5. The topological polar surface area (TPSA) is 38.3 Å². The lowest BCUT2D eigenvalue weighted by Crippen LogP contribution is -2.27. The van der Waals surface area contributed by atoms with Crippen LogP contribution >= 0.6 is 0 Å². The van der Waals surface area contributed by atoms with Crippen LogP contribution in [0.15, 0.2) is 0 Å². The second-order valence-electron chi connectivity index (χ2n) is 3.94. The molecule has 1 atom stereocenters. The van der Waals surface area contributed by atoms with Gasteiger partial charge in [-0.2, -0.15) is 0 Å². The molecule has 0 aliphatic rings. The first kappa shape index (κ1) is 14.4. The van der Waals surface area contributed by atoms with Crippen LogP contribution in [0.25, 0.3) is 0 Å². The fraction of sp³-hybridized carbons (Fsp3) is 0.917. The van der Waals surface area contributed by atoms with Gasteiger partial charge in [0.2, 0.25) is 0 Å². The van der Waals surface area contributed by atoms with E-state index in [-0.39, 0.29) is 11.9 Å². The summed E-state index contributed by atoms with van der Waals surface area (Å²) in [6.07, 6.45) is 4.59. The van der Waals surface area contributed by atoms with Crippen molar-refractivity contribution in [3.05, 3.63) is 0 Å². The highest BCUT2D eigenvalue weighted by Crippen LogP contribution is 2.02. The molecule has 0 saturated heterocycles. The molecule has 0 amide bonds. The van der Waals surface area contributed by atoms with Gasteiger partial charge in [0, 0.05) is 6.54 Å². The number of unbranched alkanes of at least 4 members (excludes halogenated alkanes) is 3. The zero-order valence-electron chi connectivity index (χ0n) is 10.3. The van der Waals surface area contributed by atoms with Crippen LogP contribution < -0.4 is 5.32 Å². The van der Waals surface area contributed by atoms with Gasteiger partial charge in [-0.25, -0.2) is 0 Å². The van der Waals surface area contributed by atoms with Crippen LogP contribution in [0.2, 0.25) is 0 Å². The molecule has 1 unspecified atom stereocenters. The van der Waals surface area contributed by atoms with E-state index in [1.54, 1.807) is 0 Å². The number of hydrogen-bond acceptors (Lipinski definition) is 3. The molecule has 0 aromatic heterocycles. The largest absolute Gasteiger partial charge is 0.465 e. The van der Waals surface area contributed by atoms with E-state index in [4.69, 9.17) is 4.74 Å². The van der Waals surface area contributed by atoms with Crippen LogP contribution in [0.4, 0.5) is 0 Å². The average molecular weight is 215 g/mol. The van der Waals surface area contributed by atoms with Gasteiger partial charge in [0.15, 0.2) is 0 Å². The number of nitrogens with one attached hydrogen (secondary N) is 1. The summed E-state index contributed by atoms with van der Waals surface area (Å²) in [5.74, 6) is -0.108. The minimum Gasteiger partial charge on any atom is -0.465 e. The predicted molar refractivity (Wildman–Crippen MR) is 62.8 cm³/mol. The summed E-state index contributed by atoms with van der Waals surface area (Å²) in [6, 6.07) is 0. The maximum Gasteiger partial charge on any atom is 0.309 e. The Balaban J connectivity index is 3.38. The molecule has 0 aliphatic heterocycles. The molecule has 1 N–H and O–H groups in total. The SMILES string of the molecule is CCCCCCOC(=O)C(C)CNCC. The number of ether oxygens (including phenoxy) is 1. The van der Waals surface area contributed by atoms with E-state index in [1.807, 2.05) is 13.8 Å². The highest BCUT2D eigenvalue weighted by molar-refractivity contribution is 5.72. The van der Waals surface area contributed by atoms with Crippen LogP contribution in [0.5, 0.6) is 0 Å². The molecule has 0 heterocycles. The monoisotopic (exact) mass is 215 g/mol. The summed E-state index contributed by atoms with van der Waals surface area (Å²) in [5.41, 5.74) is 0. The maximum absolute atomic E-state index is 11.4. The quantitative estimate of drug-likeness (QED) is 0.474. The van der Waals surface area contributed by atoms with Crippen molar-refractivity contribution in [2.45, 2.75) is 46.5 Å². The van der Waals surface area contributed by atoms with Gasteiger partial charge in [-0.3, -0.25) is 4.79 Å². The first-order chi connectivity index (χ1) is 7.22. The van der Waals surface area contributed by atoms with Gasteiger partial charge in [0.1, 0.15) is 0 Å². The van der Waals surface area contributed by atoms with Gasteiger partial charge in [-0.05, 0) is 13.0 Å². The van der Waals surface area contributed by atoms with Crippen molar-refractivity contribution >= 4 is 5.97 Å². The van der Waals surface area contributed by atoms with E-state index >= 15 is 0 Å². The number of carbonyl (C=O) groups excluding carboxylic acids is 1. The third kappa shape index (κ3) is 8.43. The van der Waals surface area contributed by atoms with E-state index in [0.29, 0.717) is 13.2 Å². The van der Waals surface area contributed by atoms with Crippen molar-refractivity contribution in [1.82, 2.24) is 5.32 Å². The molecule has 15 heavy (non-hydrogen) atoms. The van der Waals surface area contributed by atoms with Gasteiger partial charge in [0.25, 0.3) is 0 Å². The van der Waals surface area contributed by atoms with E-state index in [1.165, 1.54) is 12.8 Å². The summed E-state index contributed by atoms with van der Waals surface area (Å²) in [6.45, 7) is 8.29. The van der Waals surface area contributed by atoms with Crippen molar-refractivity contribution in [2.75, 3.05) is 19.7 Å². The molecular weight excluding hydrogens is 190 g/mol. The van der Waals surface area contributed by atoms with Crippen LogP contribution in [-0.4, -0.2) is 25.7 Å². The van der Waals surface area contributed by atoms with Gasteiger partial charge in [-0.1, -0.05) is 40.0 Å². The summed E-state index contributed by atoms with van der Waals surface area (Å²) in [4.78, 5) is 11.4. The molecule has 0 bridgehead atoms. The fourth-order valence-electron chi connectivity index (χ4n) is 1.29. The predicted octanol–water partition coefficient (Wildman–Crippen LogP) is 2.36. The molecule has 90 valence electrons. The maximum atomic E-state index is 11.4. The molecule has 0 rings (SSSR count). The Labute approximate surface area is 93.6 Å². The highest BCUT2D eigenvalue weighted by Gasteiger charge is 2.12. The minimum atomic E-state index is -0.0764. The van der Waals surface area contributed by atoms with Gasteiger partial charge < -0.3 is 10.1 Å². The third-order valence-electron chi connectivity index (χ3n) is 2.35. The standard InChI is InChI=1S/C12H25NO2/c1-4-6-7-8-9-15-12(14)11(3)10-13-5-2/h11,13H,4-10H2,1-3H3. The molecule has 0 saturated carbocycles. The van der Waals surface area contributed by atoms with Crippen LogP contribution in [0.1, 0.15) is 46.5 Å². The fourth-order valence-corrected chi connectivity index (χ4v) is 1.29. The summed E-state index contributed by atoms with van der Waals surface area (Å²) in [5, 5.41) is 3.14. The Morgan fingerprint density at radius 1 is 1.27 bits per heavy atom. The van der Waals surface area contributed by atoms with E-state index in [0.717, 1.165) is 19.4 Å². The molecule has 0 aromatic carbocycles. The van der Waals surface area contributed by atoms with Crippen LogP contribution in [0, 0.1) is 5.92 Å².